The summed E-state index contributed by atoms with van der Waals surface area (Å²) in [5.41, 5.74) is 0.481. The maximum Gasteiger partial charge on any atom is 1.00 e. The first-order chi connectivity index (χ1) is 7.72. The van der Waals surface area contributed by atoms with Crippen molar-refractivity contribution in [2.24, 2.45) is 0 Å². The van der Waals surface area contributed by atoms with Crippen molar-refractivity contribution in [1.29, 1.82) is 0 Å². The van der Waals surface area contributed by atoms with Crippen LogP contribution in [0.3, 0.4) is 0 Å². The normalized spacial score (nSPS) is 8.94. The molecule has 2 rings (SSSR count). The van der Waals surface area contributed by atoms with Crippen LogP contribution in [0.15, 0.2) is 31.0 Å². The average Bonchev–Trinajstić information content (AvgIpc) is 2.32. The molecule has 0 saturated heterocycles. The Morgan fingerprint density at radius 2 is 1.88 bits per heavy atom. The zero-order valence-corrected chi connectivity index (χ0v) is 13.3. The summed E-state index contributed by atoms with van der Waals surface area (Å²) < 4.78 is 12.7. The molecule has 0 unspecified atom stereocenters. The predicted molar refractivity (Wildman–Crippen MR) is 56.9 cm³/mol. The molecule has 0 atom stereocenters. The fraction of sp³-hybridized carbons (Fsp3) is 0.273. The van der Waals surface area contributed by atoms with Crippen LogP contribution >= 0.6 is 0 Å². The van der Waals surface area contributed by atoms with Crippen molar-refractivity contribution in [3.63, 3.8) is 0 Å². The third kappa shape index (κ3) is 6.90. The Morgan fingerprint density at radius 1 is 1.24 bits per heavy atom. The van der Waals surface area contributed by atoms with Gasteiger partial charge in [0, 0.05) is 6.33 Å². The molecule has 6 heteroatoms. The van der Waals surface area contributed by atoms with Crippen molar-refractivity contribution in [1.82, 2.24) is 19.9 Å². The van der Waals surface area contributed by atoms with E-state index < -0.39 is 0 Å². The summed E-state index contributed by atoms with van der Waals surface area (Å²) in [6.45, 7) is 3.79. The molecule has 0 aliphatic carbocycles. The van der Waals surface area contributed by atoms with E-state index in [-0.39, 0.29) is 63.1 Å². The van der Waals surface area contributed by atoms with Gasteiger partial charge >= 0.3 is 51.4 Å². The quantitative estimate of drug-likeness (QED) is 0.487. The maximum atomic E-state index is 12.7. The van der Waals surface area contributed by atoms with Crippen molar-refractivity contribution >= 4 is 0 Å². The van der Waals surface area contributed by atoms with Crippen LogP contribution in [-0.4, -0.2) is 19.9 Å². The number of aromatic nitrogens is 4. The van der Waals surface area contributed by atoms with Crippen LogP contribution in [0.1, 0.15) is 25.5 Å². The van der Waals surface area contributed by atoms with E-state index in [2.05, 4.69) is 26.3 Å². The first-order valence-electron chi connectivity index (χ1n) is 4.80. The van der Waals surface area contributed by atoms with Gasteiger partial charge < -0.3 is 9.97 Å². The molecular weight excluding hydrogens is 246 g/mol. The number of rotatable bonds is 1. The molecule has 0 aliphatic heterocycles. The van der Waals surface area contributed by atoms with Crippen molar-refractivity contribution in [3.05, 3.63) is 48.8 Å². The maximum absolute atomic E-state index is 12.7. The van der Waals surface area contributed by atoms with E-state index >= 15 is 0 Å². The van der Waals surface area contributed by atoms with Crippen LogP contribution in [0.2, 0.25) is 0 Å². The second-order valence-corrected chi connectivity index (χ2v) is 3.26. The van der Waals surface area contributed by atoms with E-state index in [0.29, 0.717) is 5.69 Å². The van der Waals surface area contributed by atoms with Crippen LogP contribution in [0.4, 0.5) is 4.39 Å². The molecule has 4 nitrogen and oxygen atoms in total. The molecule has 0 bridgehead atoms. The molecule has 84 valence electrons. The van der Waals surface area contributed by atoms with Gasteiger partial charge in [-0.1, -0.05) is 26.2 Å². The Balaban J connectivity index is 0.000000316. The van der Waals surface area contributed by atoms with Gasteiger partial charge in [-0.05, 0) is 5.92 Å². The van der Waals surface area contributed by atoms with Crippen molar-refractivity contribution in [3.8, 4) is 0 Å². The Morgan fingerprint density at radius 3 is 2.18 bits per heavy atom. The molecule has 0 N–H and O–H groups in total. The van der Waals surface area contributed by atoms with Crippen LogP contribution in [-0.2, 0) is 0 Å². The largest absolute Gasteiger partial charge is 1.00 e. The van der Waals surface area contributed by atoms with Crippen LogP contribution in [0, 0.1) is 12.1 Å². The van der Waals surface area contributed by atoms with Crippen molar-refractivity contribution < 1.29 is 55.8 Å². The molecule has 0 radical (unpaired) electrons. The fourth-order valence-electron chi connectivity index (χ4n) is 0.972. The minimum absolute atomic E-state index is 0. The standard InChI is InChI=1S/C7H9FN2.C4H3N2.K/c1-5(2)7-6(8)3-9-4-10-7;1-2-5-4-6-3-1;/h3-5H,1-2H3;1-3H;/q;-1;+1. The molecule has 2 heterocycles. The first-order valence-corrected chi connectivity index (χ1v) is 4.80. The molecule has 0 saturated carbocycles. The van der Waals surface area contributed by atoms with Gasteiger partial charge in [-0.25, -0.2) is 14.4 Å². The Labute approximate surface area is 143 Å². The molecular formula is C11H12FKN4. The summed E-state index contributed by atoms with van der Waals surface area (Å²) in [7, 11) is 0. The smallest absolute Gasteiger partial charge is 0.374 e. The fourth-order valence-corrected chi connectivity index (χ4v) is 0.972. The zero-order chi connectivity index (χ0) is 11.8. The van der Waals surface area contributed by atoms with E-state index in [1.54, 1.807) is 18.5 Å². The van der Waals surface area contributed by atoms with Crippen LogP contribution in [0.25, 0.3) is 0 Å². The summed E-state index contributed by atoms with van der Waals surface area (Å²) in [5, 5.41) is 0. The molecule has 0 aliphatic rings. The monoisotopic (exact) mass is 258 g/mol. The Hall–Kier alpha value is -0.274. The number of nitrogens with zero attached hydrogens (tertiary/aromatic N) is 4. The van der Waals surface area contributed by atoms with Crippen LogP contribution in [0.5, 0.6) is 0 Å². The van der Waals surface area contributed by atoms with E-state index in [9.17, 15) is 4.39 Å². The zero-order valence-electron chi connectivity index (χ0n) is 10.1. The van der Waals surface area contributed by atoms with E-state index in [1.165, 1.54) is 12.5 Å². The summed E-state index contributed by atoms with van der Waals surface area (Å²) in [4.78, 5) is 14.4. The summed E-state index contributed by atoms with van der Waals surface area (Å²) in [6.07, 6.45) is 8.20. The summed E-state index contributed by atoms with van der Waals surface area (Å²) >= 11 is 0. The number of hydrogen-bond acceptors (Lipinski definition) is 4. The molecule has 0 aromatic carbocycles. The molecule has 17 heavy (non-hydrogen) atoms. The van der Waals surface area contributed by atoms with Gasteiger partial charge in [-0.3, -0.25) is 0 Å². The minimum Gasteiger partial charge on any atom is -0.374 e. The third-order valence-electron chi connectivity index (χ3n) is 1.68. The summed E-state index contributed by atoms with van der Waals surface area (Å²) in [5.74, 6) is -0.194. The Kier molecular flexibility index (Phi) is 9.57. The van der Waals surface area contributed by atoms with Gasteiger partial charge in [-0.15, -0.1) is 6.07 Å². The third-order valence-corrected chi connectivity index (χ3v) is 1.68. The first kappa shape index (κ1) is 16.7. The predicted octanol–water partition coefficient (Wildman–Crippen LogP) is -0.980. The second kappa shape index (κ2) is 9.73. The molecule has 2 aromatic rings. The van der Waals surface area contributed by atoms with Gasteiger partial charge in [-0.2, -0.15) is 0 Å². The van der Waals surface area contributed by atoms with Gasteiger partial charge in [0.05, 0.1) is 11.9 Å². The molecule has 0 fully saturated rings. The number of halogens is 1. The molecule has 0 spiro atoms. The van der Waals surface area contributed by atoms with Crippen molar-refractivity contribution in [2.45, 2.75) is 19.8 Å². The second-order valence-electron chi connectivity index (χ2n) is 3.26. The average molecular weight is 258 g/mol. The molecule has 2 aromatic heterocycles. The van der Waals surface area contributed by atoms with Gasteiger partial charge in [0.25, 0.3) is 0 Å². The van der Waals surface area contributed by atoms with Crippen LogP contribution < -0.4 is 51.4 Å². The molecule has 0 amide bonds. The van der Waals surface area contributed by atoms with E-state index in [4.69, 9.17) is 0 Å². The SMILES string of the molecule is CC(C)c1ncncc1F.[K+].[c-]1ncccn1. The Bertz CT molecular complexity index is 385. The van der Waals surface area contributed by atoms with Gasteiger partial charge in [0.1, 0.15) is 6.33 Å². The van der Waals surface area contributed by atoms with Crippen molar-refractivity contribution in [2.75, 3.05) is 0 Å². The van der Waals surface area contributed by atoms with Gasteiger partial charge in [0.2, 0.25) is 0 Å². The van der Waals surface area contributed by atoms with Gasteiger partial charge in [0.15, 0.2) is 5.82 Å². The number of hydrogen-bond donors (Lipinski definition) is 0. The minimum atomic E-state index is -0.322. The van der Waals surface area contributed by atoms with E-state index in [1.807, 2.05) is 13.8 Å². The van der Waals surface area contributed by atoms with E-state index in [0.717, 1.165) is 0 Å². The summed E-state index contributed by atoms with van der Waals surface area (Å²) in [6, 6.07) is 1.75. The topological polar surface area (TPSA) is 51.6 Å².